The molecule has 10 nitrogen and oxygen atoms in total. The minimum Gasteiger partial charge on any atom is -0.492 e. The number of carbonyl (C=O) groups is 1. The zero-order valence-corrected chi connectivity index (χ0v) is 23.7. The molecule has 210 valence electrons. The SMILES string of the molecule is COc1c(N)cc(C(C)(C)C)cc1NC(=O)c1cc2cccc(Oc3ccnc(NCc4ccccn4)n3)c2n1C. The van der Waals surface area contributed by atoms with Gasteiger partial charge in [-0.15, -0.1) is 0 Å². The molecule has 0 spiro atoms. The summed E-state index contributed by atoms with van der Waals surface area (Å²) in [5.74, 6) is 1.45. The number of nitrogens with two attached hydrogens (primary N) is 1. The van der Waals surface area contributed by atoms with E-state index in [9.17, 15) is 4.79 Å². The largest absolute Gasteiger partial charge is 0.492 e. The zero-order chi connectivity index (χ0) is 29.1. The summed E-state index contributed by atoms with van der Waals surface area (Å²) in [7, 11) is 3.35. The van der Waals surface area contributed by atoms with Crippen LogP contribution in [-0.2, 0) is 19.0 Å². The highest BCUT2D eigenvalue weighted by Crippen LogP contribution is 2.38. The van der Waals surface area contributed by atoms with Crippen molar-refractivity contribution in [2.75, 3.05) is 23.5 Å². The molecule has 0 unspecified atom stereocenters. The van der Waals surface area contributed by atoms with Gasteiger partial charge in [0.1, 0.15) is 5.69 Å². The van der Waals surface area contributed by atoms with Crippen LogP contribution in [0.5, 0.6) is 17.4 Å². The molecule has 0 saturated heterocycles. The van der Waals surface area contributed by atoms with E-state index in [0.717, 1.165) is 22.2 Å². The third-order valence-electron chi connectivity index (χ3n) is 6.69. The highest BCUT2D eigenvalue weighted by Gasteiger charge is 2.22. The van der Waals surface area contributed by atoms with Crippen molar-refractivity contribution in [1.82, 2.24) is 19.5 Å². The van der Waals surface area contributed by atoms with Crippen LogP contribution >= 0.6 is 0 Å². The number of amides is 1. The van der Waals surface area contributed by atoms with Gasteiger partial charge in [0.2, 0.25) is 11.8 Å². The van der Waals surface area contributed by atoms with Gasteiger partial charge in [0.15, 0.2) is 11.5 Å². The number of aryl methyl sites for hydroxylation is 1. The molecule has 10 heteroatoms. The van der Waals surface area contributed by atoms with Crippen LogP contribution in [0.15, 0.2) is 73.1 Å². The molecule has 0 bridgehead atoms. The first-order chi connectivity index (χ1) is 19.6. The van der Waals surface area contributed by atoms with Crippen LogP contribution < -0.4 is 25.8 Å². The maximum Gasteiger partial charge on any atom is 0.272 e. The molecule has 41 heavy (non-hydrogen) atoms. The minimum absolute atomic E-state index is 0.166. The quantitative estimate of drug-likeness (QED) is 0.203. The second-order valence-electron chi connectivity index (χ2n) is 10.6. The maximum atomic E-state index is 13.5. The van der Waals surface area contributed by atoms with Crippen molar-refractivity contribution in [1.29, 1.82) is 0 Å². The van der Waals surface area contributed by atoms with Gasteiger partial charge >= 0.3 is 0 Å². The van der Waals surface area contributed by atoms with Gasteiger partial charge in [-0.2, -0.15) is 4.98 Å². The molecular weight excluding hydrogens is 518 g/mol. The number of aromatic nitrogens is 4. The highest BCUT2D eigenvalue weighted by molar-refractivity contribution is 6.08. The Hall–Kier alpha value is -5.12. The number of nitrogen functional groups attached to an aromatic ring is 1. The Labute approximate surface area is 238 Å². The predicted octanol–water partition coefficient (Wildman–Crippen LogP) is 5.91. The van der Waals surface area contributed by atoms with Crippen LogP contribution in [0.25, 0.3) is 10.9 Å². The fraction of sp³-hybridized carbons (Fsp3) is 0.226. The lowest BCUT2D eigenvalue weighted by atomic mass is 9.86. The van der Waals surface area contributed by atoms with Crippen molar-refractivity contribution < 1.29 is 14.3 Å². The van der Waals surface area contributed by atoms with E-state index >= 15 is 0 Å². The number of rotatable bonds is 8. The molecule has 0 saturated carbocycles. The molecule has 0 aliphatic rings. The van der Waals surface area contributed by atoms with Gasteiger partial charge in [-0.25, -0.2) is 4.98 Å². The van der Waals surface area contributed by atoms with Gasteiger partial charge in [-0.1, -0.05) is 39.0 Å². The Balaban J connectivity index is 1.41. The number of nitrogens with zero attached hydrogens (tertiary/aromatic N) is 4. The van der Waals surface area contributed by atoms with E-state index in [4.69, 9.17) is 15.2 Å². The van der Waals surface area contributed by atoms with Crippen molar-refractivity contribution in [2.24, 2.45) is 7.05 Å². The number of fused-ring (bicyclic) bond motifs is 1. The molecule has 0 radical (unpaired) electrons. The number of para-hydroxylation sites is 1. The molecule has 3 heterocycles. The summed E-state index contributed by atoms with van der Waals surface area (Å²) in [5, 5.41) is 7.00. The van der Waals surface area contributed by atoms with Gasteiger partial charge < -0.3 is 30.4 Å². The minimum atomic E-state index is -0.304. The summed E-state index contributed by atoms with van der Waals surface area (Å²) in [6.07, 6.45) is 3.36. The Kier molecular flexibility index (Phi) is 7.47. The Bertz CT molecular complexity index is 1710. The first-order valence-corrected chi connectivity index (χ1v) is 13.2. The zero-order valence-electron chi connectivity index (χ0n) is 23.7. The number of ether oxygens (including phenoxy) is 2. The van der Waals surface area contributed by atoms with Gasteiger partial charge in [0.05, 0.1) is 36.2 Å². The predicted molar refractivity (Wildman–Crippen MR) is 161 cm³/mol. The molecular formula is C31H33N7O3. The average molecular weight is 552 g/mol. The van der Waals surface area contributed by atoms with Gasteiger partial charge in [-0.05, 0) is 47.4 Å². The number of pyridine rings is 1. The normalized spacial score (nSPS) is 11.3. The Morgan fingerprint density at radius 3 is 2.59 bits per heavy atom. The van der Waals surface area contributed by atoms with Crippen LogP contribution in [0.1, 0.15) is 42.5 Å². The fourth-order valence-corrected chi connectivity index (χ4v) is 4.54. The number of anilines is 3. The third kappa shape index (κ3) is 5.91. The summed E-state index contributed by atoms with van der Waals surface area (Å²) < 4.78 is 13.5. The lowest BCUT2D eigenvalue weighted by molar-refractivity contribution is 0.101. The van der Waals surface area contributed by atoms with Crippen LogP contribution in [0.2, 0.25) is 0 Å². The summed E-state index contributed by atoms with van der Waals surface area (Å²) in [5.41, 5.74) is 10.1. The molecule has 5 aromatic rings. The number of methoxy groups -OCH3 is 1. The Morgan fingerprint density at radius 2 is 1.85 bits per heavy atom. The van der Waals surface area contributed by atoms with Crippen LogP contribution in [0, 0.1) is 0 Å². The molecule has 0 atom stereocenters. The molecule has 2 aromatic carbocycles. The summed E-state index contributed by atoms with van der Waals surface area (Å²) >= 11 is 0. The molecule has 1 amide bonds. The van der Waals surface area contributed by atoms with Crippen molar-refractivity contribution in [3.8, 4) is 17.4 Å². The molecule has 0 aliphatic heterocycles. The number of hydrogen-bond donors (Lipinski definition) is 3. The monoisotopic (exact) mass is 551 g/mol. The second kappa shape index (κ2) is 11.2. The van der Waals surface area contributed by atoms with Crippen molar-refractivity contribution in [3.05, 3.63) is 90.0 Å². The smallest absolute Gasteiger partial charge is 0.272 e. The van der Waals surface area contributed by atoms with E-state index in [0.29, 0.717) is 46.9 Å². The van der Waals surface area contributed by atoms with Gasteiger partial charge in [-0.3, -0.25) is 9.78 Å². The number of carbonyl (C=O) groups excluding carboxylic acids is 1. The standard InChI is InChI=1S/C31H33N7O3/c1-31(2,3)20-16-22(32)28(40-5)23(17-20)36-29(39)24-15-19-9-8-11-25(27(19)38(24)4)41-26-12-14-34-30(37-26)35-18-21-10-6-7-13-33-21/h6-17H,18,32H2,1-5H3,(H,36,39)(H,34,35,37). The van der Waals surface area contributed by atoms with Crippen LogP contribution in [-0.4, -0.2) is 32.5 Å². The lowest BCUT2D eigenvalue weighted by Gasteiger charge is -2.22. The second-order valence-corrected chi connectivity index (χ2v) is 10.6. The van der Waals surface area contributed by atoms with Crippen molar-refractivity contribution in [2.45, 2.75) is 32.7 Å². The fourth-order valence-electron chi connectivity index (χ4n) is 4.54. The average Bonchev–Trinajstić information content (AvgIpc) is 3.29. The first kappa shape index (κ1) is 27.4. The molecule has 3 aromatic heterocycles. The van der Waals surface area contributed by atoms with Crippen LogP contribution in [0.3, 0.4) is 0 Å². The van der Waals surface area contributed by atoms with E-state index in [1.807, 2.05) is 61.6 Å². The first-order valence-electron chi connectivity index (χ1n) is 13.2. The summed E-state index contributed by atoms with van der Waals surface area (Å²) in [6, 6.07) is 18.6. The number of nitrogens with one attached hydrogen (secondary N) is 2. The van der Waals surface area contributed by atoms with Gasteiger partial charge in [0, 0.05) is 30.9 Å². The van der Waals surface area contributed by atoms with Crippen LogP contribution in [0.4, 0.5) is 17.3 Å². The number of benzene rings is 2. The summed E-state index contributed by atoms with van der Waals surface area (Å²) in [4.78, 5) is 26.6. The lowest BCUT2D eigenvalue weighted by Crippen LogP contribution is -2.18. The third-order valence-corrected chi connectivity index (χ3v) is 6.69. The van der Waals surface area contributed by atoms with E-state index in [1.165, 1.54) is 7.11 Å². The van der Waals surface area contributed by atoms with E-state index < -0.39 is 0 Å². The highest BCUT2D eigenvalue weighted by atomic mass is 16.5. The molecule has 5 rings (SSSR count). The topological polar surface area (TPSA) is 129 Å². The molecule has 0 fully saturated rings. The van der Waals surface area contributed by atoms with E-state index in [2.05, 4.69) is 46.4 Å². The van der Waals surface area contributed by atoms with Gasteiger partial charge in [0.25, 0.3) is 5.91 Å². The van der Waals surface area contributed by atoms with Crippen molar-refractivity contribution in [3.63, 3.8) is 0 Å². The maximum absolute atomic E-state index is 13.5. The number of hydrogen-bond acceptors (Lipinski definition) is 8. The summed E-state index contributed by atoms with van der Waals surface area (Å²) in [6.45, 7) is 6.73. The Morgan fingerprint density at radius 1 is 1.02 bits per heavy atom. The molecule has 4 N–H and O–H groups in total. The molecule has 0 aliphatic carbocycles. The van der Waals surface area contributed by atoms with E-state index in [-0.39, 0.29) is 11.3 Å². The van der Waals surface area contributed by atoms with Crippen molar-refractivity contribution >= 4 is 34.1 Å². The van der Waals surface area contributed by atoms with E-state index in [1.54, 1.807) is 23.0 Å².